The molecule has 0 spiro atoms. The van der Waals surface area contributed by atoms with E-state index in [9.17, 15) is 23.8 Å². The Kier molecular flexibility index (Phi) is 11.1. The maximum absolute atomic E-state index is 12.6. The molecule has 1 aromatic rings. The zero-order valence-electron chi connectivity index (χ0n) is 20.4. The molecule has 0 heterocycles. The molecule has 2 unspecified atom stereocenters. The Morgan fingerprint density at radius 3 is 2.12 bits per heavy atom. The van der Waals surface area contributed by atoms with Crippen LogP contribution in [0.25, 0.3) is 0 Å². The number of halogens is 1. The van der Waals surface area contributed by atoms with Gasteiger partial charge in [0.1, 0.15) is 36.1 Å². The zero-order valence-corrected chi connectivity index (χ0v) is 22.8. The summed E-state index contributed by atoms with van der Waals surface area (Å²) in [6.45, 7) is 4.49. The lowest BCUT2D eigenvalue weighted by atomic mass is 9.83. The molecule has 0 amide bonds. The normalized spacial score (nSPS) is 15.6. The lowest BCUT2D eigenvalue weighted by molar-refractivity contribution is -0.870. The molecule has 34 heavy (non-hydrogen) atoms. The summed E-state index contributed by atoms with van der Waals surface area (Å²) in [5.41, 5.74) is -0.635. The monoisotopic (exact) mass is 565 g/mol. The molecular formula is C22H33BrNO9P. The number of aldehydes is 1. The number of rotatable bonds is 14. The minimum atomic E-state index is -4.51. The van der Waals surface area contributed by atoms with Crippen molar-refractivity contribution in [3.8, 4) is 5.75 Å². The van der Waals surface area contributed by atoms with Crippen LogP contribution in [0.4, 0.5) is 0 Å². The van der Waals surface area contributed by atoms with Crippen molar-refractivity contribution < 1.29 is 46.8 Å². The van der Waals surface area contributed by atoms with Crippen LogP contribution in [0.15, 0.2) is 24.3 Å². The summed E-state index contributed by atoms with van der Waals surface area (Å²) in [5, 5.41) is 0. The van der Waals surface area contributed by atoms with Crippen LogP contribution in [0.2, 0.25) is 0 Å². The van der Waals surface area contributed by atoms with Gasteiger partial charge in [0.2, 0.25) is 0 Å². The molecule has 2 atom stereocenters. The first-order chi connectivity index (χ1) is 15.5. The zero-order chi connectivity index (χ0) is 26.2. The van der Waals surface area contributed by atoms with Crippen molar-refractivity contribution in [2.24, 2.45) is 5.41 Å². The summed E-state index contributed by atoms with van der Waals surface area (Å²) in [4.78, 5) is 47.7. The lowest BCUT2D eigenvalue weighted by Gasteiger charge is -2.30. The average Bonchev–Trinajstić information content (AvgIpc) is 2.69. The number of likely N-dealkylation sites (N-methyl/N-ethyl adjacent to an activating group) is 1. The molecule has 0 aliphatic heterocycles. The van der Waals surface area contributed by atoms with Crippen LogP contribution in [0.3, 0.4) is 0 Å². The smallest absolute Gasteiger partial charge is 0.322 e. The van der Waals surface area contributed by atoms with E-state index in [-0.39, 0.29) is 25.4 Å². The Labute approximate surface area is 208 Å². The van der Waals surface area contributed by atoms with Crippen LogP contribution in [0.1, 0.15) is 37.6 Å². The molecule has 1 aromatic carbocycles. The topological polar surface area (TPSA) is 128 Å². The third-order valence-electron chi connectivity index (χ3n) is 4.56. The highest BCUT2D eigenvalue weighted by atomic mass is 79.9. The predicted molar refractivity (Wildman–Crippen MR) is 127 cm³/mol. The SMILES string of the molecule is CC(C)(CC(C)(Br)C(=O)OCCOP(=O)([O-])OCC[N+](C)(C)C)C(=O)Oc1ccc(C=O)cc1. The van der Waals surface area contributed by atoms with Crippen LogP contribution in [0, 0.1) is 5.41 Å². The second-order valence-corrected chi connectivity index (χ2v) is 12.8. The van der Waals surface area contributed by atoms with Crippen molar-refractivity contribution in [2.75, 3.05) is 47.5 Å². The minimum absolute atomic E-state index is 0.0269. The summed E-state index contributed by atoms with van der Waals surface area (Å²) >= 11 is 3.30. The second kappa shape index (κ2) is 12.4. The number of nitrogens with zero attached hydrogens (tertiary/aromatic N) is 1. The number of quaternary nitrogens is 1. The van der Waals surface area contributed by atoms with Crippen LogP contribution < -0.4 is 9.63 Å². The highest BCUT2D eigenvalue weighted by Crippen LogP contribution is 2.38. The van der Waals surface area contributed by atoms with Crippen LogP contribution >= 0.6 is 23.8 Å². The number of esters is 2. The molecule has 0 N–H and O–H groups in total. The number of phosphoric ester groups is 1. The molecule has 192 valence electrons. The molecule has 0 saturated carbocycles. The first-order valence-corrected chi connectivity index (χ1v) is 12.8. The molecule has 0 aromatic heterocycles. The van der Waals surface area contributed by atoms with E-state index < -0.39 is 36.1 Å². The van der Waals surface area contributed by atoms with Crippen molar-refractivity contribution >= 4 is 42.0 Å². The van der Waals surface area contributed by atoms with Crippen LogP contribution in [-0.4, -0.2) is 74.5 Å². The van der Waals surface area contributed by atoms with Gasteiger partial charge in [0.05, 0.1) is 33.2 Å². The average molecular weight is 566 g/mol. The van der Waals surface area contributed by atoms with E-state index in [2.05, 4.69) is 15.9 Å². The number of carbonyl (C=O) groups excluding carboxylic acids is 3. The predicted octanol–water partition coefficient (Wildman–Crippen LogP) is 2.73. The number of benzene rings is 1. The molecule has 0 fully saturated rings. The molecule has 1 rings (SSSR count). The number of carbonyl (C=O) groups is 3. The number of alkyl halides is 1. The first kappa shape index (κ1) is 30.4. The minimum Gasteiger partial charge on any atom is -0.756 e. The standard InChI is InChI=1S/C22H33BrNO9P/c1-21(2,19(26)33-18-9-7-17(15-25)8-10-18)16-22(3,23)20(27)30-13-14-32-34(28,29)31-12-11-24(4,5)6/h7-10,15H,11-14,16H2,1-6H3. The van der Waals surface area contributed by atoms with Crippen molar-refractivity contribution in [3.63, 3.8) is 0 Å². The largest absolute Gasteiger partial charge is 0.756 e. The summed E-state index contributed by atoms with van der Waals surface area (Å²) < 4.78 is 31.0. The number of hydrogen-bond acceptors (Lipinski definition) is 9. The van der Waals surface area contributed by atoms with Gasteiger partial charge in [0.15, 0.2) is 0 Å². The Hall–Kier alpha value is -1.62. The van der Waals surface area contributed by atoms with Crippen molar-refractivity contribution in [3.05, 3.63) is 29.8 Å². The maximum Gasteiger partial charge on any atom is 0.322 e. The van der Waals surface area contributed by atoms with Gasteiger partial charge < -0.3 is 27.9 Å². The fourth-order valence-electron chi connectivity index (χ4n) is 2.73. The molecule has 12 heteroatoms. The molecule has 0 aliphatic rings. The summed E-state index contributed by atoms with van der Waals surface area (Å²) in [5.74, 6) is -1.00. The van der Waals surface area contributed by atoms with Gasteiger partial charge in [0.25, 0.3) is 7.82 Å². The Morgan fingerprint density at radius 1 is 1.03 bits per heavy atom. The fraction of sp³-hybridized carbons (Fsp3) is 0.591. The second-order valence-electron chi connectivity index (χ2n) is 9.60. The summed E-state index contributed by atoms with van der Waals surface area (Å²) in [6.07, 6.45) is 0.705. The van der Waals surface area contributed by atoms with Gasteiger partial charge in [0, 0.05) is 5.56 Å². The van der Waals surface area contributed by atoms with Gasteiger partial charge in [-0.2, -0.15) is 0 Å². The molecule has 0 aliphatic carbocycles. The van der Waals surface area contributed by atoms with E-state index in [0.29, 0.717) is 22.9 Å². The van der Waals surface area contributed by atoms with E-state index >= 15 is 0 Å². The number of hydrogen-bond donors (Lipinski definition) is 0. The van der Waals surface area contributed by atoms with Gasteiger partial charge >= 0.3 is 11.9 Å². The Balaban J connectivity index is 2.53. The Bertz CT molecular complexity index is 895. The number of phosphoric acid groups is 1. The lowest BCUT2D eigenvalue weighted by Crippen LogP contribution is -2.40. The summed E-state index contributed by atoms with van der Waals surface area (Å²) in [6, 6.07) is 6.04. The molecule has 0 radical (unpaired) electrons. The van der Waals surface area contributed by atoms with Crippen molar-refractivity contribution in [1.82, 2.24) is 0 Å². The van der Waals surface area contributed by atoms with Crippen molar-refractivity contribution in [2.45, 2.75) is 31.5 Å². The third-order valence-corrected chi connectivity index (χ3v) is 6.16. The van der Waals surface area contributed by atoms with Gasteiger partial charge in [-0.3, -0.25) is 18.9 Å². The van der Waals surface area contributed by atoms with Crippen molar-refractivity contribution in [1.29, 1.82) is 0 Å². The van der Waals surface area contributed by atoms with E-state index in [1.54, 1.807) is 13.8 Å². The van der Waals surface area contributed by atoms with E-state index in [1.807, 2.05) is 21.1 Å². The summed E-state index contributed by atoms with van der Waals surface area (Å²) in [7, 11) is 1.17. The van der Waals surface area contributed by atoms with E-state index in [1.165, 1.54) is 31.2 Å². The van der Waals surface area contributed by atoms with Gasteiger partial charge in [-0.05, 0) is 51.5 Å². The number of ether oxygens (including phenoxy) is 2. The van der Waals surface area contributed by atoms with Gasteiger partial charge in [-0.1, -0.05) is 15.9 Å². The maximum atomic E-state index is 12.6. The Morgan fingerprint density at radius 2 is 1.59 bits per heavy atom. The van der Waals surface area contributed by atoms with Gasteiger partial charge in [-0.25, -0.2) is 0 Å². The molecule has 0 saturated heterocycles. The van der Waals surface area contributed by atoms with Crippen LogP contribution in [-0.2, 0) is 27.9 Å². The fourth-order valence-corrected chi connectivity index (χ4v) is 4.22. The molecule has 10 nitrogen and oxygen atoms in total. The highest BCUT2D eigenvalue weighted by Gasteiger charge is 2.42. The first-order valence-electron chi connectivity index (χ1n) is 10.5. The van der Waals surface area contributed by atoms with Gasteiger partial charge in [-0.15, -0.1) is 0 Å². The van der Waals surface area contributed by atoms with E-state index in [4.69, 9.17) is 18.5 Å². The molecule has 0 bridgehead atoms. The third kappa shape index (κ3) is 11.2. The van der Waals surface area contributed by atoms with E-state index in [0.717, 1.165) is 0 Å². The highest BCUT2D eigenvalue weighted by molar-refractivity contribution is 9.10. The quantitative estimate of drug-likeness (QED) is 0.0635. The van der Waals surface area contributed by atoms with Crippen LogP contribution in [0.5, 0.6) is 5.75 Å². The molecular weight excluding hydrogens is 533 g/mol.